The molecule has 308 valence electrons. The molecule has 0 aliphatic rings. The van der Waals surface area contributed by atoms with Gasteiger partial charge in [0.15, 0.2) is 0 Å². The molecule has 1 heteroatoms. The summed E-state index contributed by atoms with van der Waals surface area (Å²) < 4.78 is 6.42. The van der Waals surface area contributed by atoms with Crippen molar-refractivity contribution in [1.82, 2.24) is 0 Å². The smallest absolute Gasteiger partial charge is 0.127 e. The lowest BCUT2D eigenvalue weighted by Crippen LogP contribution is -1.92. The van der Waals surface area contributed by atoms with E-state index in [1.165, 1.54) is 61.2 Å². The Morgan fingerprint density at radius 2 is 0.516 bits per heavy atom. The molecule has 0 aliphatic carbocycles. The number of ether oxygens (including phenoxy) is 1. The van der Waals surface area contributed by atoms with Crippen molar-refractivity contribution in [2.75, 3.05) is 0 Å². The number of benzene rings is 9. The van der Waals surface area contributed by atoms with Crippen LogP contribution in [0.3, 0.4) is 0 Å². The normalized spacial score (nSPS) is 11.5. The van der Waals surface area contributed by atoms with Crippen molar-refractivity contribution in [1.29, 1.82) is 0 Å². The van der Waals surface area contributed by atoms with Crippen molar-refractivity contribution in [2.45, 2.75) is 20.8 Å². The van der Waals surface area contributed by atoms with E-state index in [2.05, 4.69) is 270 Å². The maximum atomic E-state index is 6.42. The van der Waals surface area contributed by atoms with Crippen LogP contribution in [0.5, 0.6) is 11.5 Å². The highest BCUT2D eigenvalue weighted by Crippen LogP contribution is 2.33. The van der Waals surface area contributed by atoms with Gasteiger partial charge in [0.05, 0.1) is 0 Å². The first-order chi connectivity index (χ1) is 31.4. The van der Waals surface area contributed by atoms with E-state index < -0.39 is 0 Å². The average molecular weight is 823 g/mol. The van der Waals surface area contributed by atoms with Gasteiger partial charge in [0.25, 0.3) is 0 Å². The Balaban J connectivity index is 0.934. The van der Waals surface area contributed by atoms with Gasteiger partial charge < -0.3 is 4.74 Å². The van der Waals surface area contributed by atoms with Crippen LogP contribution in [-0.2, 0) is 0 Å². The molecule has 0 heterocycles. The van der Waals surface area contributed by atoms with Gasteiger partial charge >= 0.3 is 0 Å². The molecule has 9 aromatic rings. The zero-order chi connectivity index (χ0) is 43.7. The molecular weight excluding hydrogens is 773 g/mol. The van der Waals surface area contributed by atoms with Gasteiger partial charge in [-0.25, -0.2) is 0 Å². The molecule has 0 saturated carbocycles. The Bertz CT molecular complexity index is 2980. The summed E-state index contributed by atoms with van der Waals surface area (Å²) >= 11 is 0. The zero-order valence-electron chi connectivity index (χ0n) is 36.6. The Hall–Kier alpha value is -8.00. The van der Waals surface area contributed by atoms with Crippen molar-refractivity contribution in [2.24, 2.45) is 0 Å². The van der Waals surface area contributed by atoms with Gasteiger partial charge in [-0.15, -0.1) is 0 Å². The van der Waals surface area contributed by atoms with E-state index in [-0.39, 0.29) is 0 Å². The van der Waals surface area contributed by atoms with Gasteiger partial charge in [-0.3, -0.25) is 0 Å². The highest BCUT2D eigenvalue weighted by Gasteiger charge is 2.11. The van der Waals surface area contributed by atoms with Crippen LogP contribution in [0.1, 0.15) is 66.8 Å². The number of hydrogen-bond donors (Lipinski definition) is 0. The molecule has 0 bridgehead atoms. The van der Waals surface area contributed by atoms with E-state index >= 15 is 0 Å². The molecule has 0 atom stereocenters. The third kappa shape index (κ3) is 10.2. The fourth-order valence-electron chi connectivity index (χ4n) is 7.95. The van der Waals surface area contributed by atoms with Crippen molar-refractivity contribution in [3.05, 3.63) is 297 Å². The third-order valence-corrected chi connectivity index (χ3v) is 11.6. The van der Waals surface area contributed by atoms with Crippen LogP contribution in [0.4, 0.5) is 0 Å². The third-order valence-electron chi connectivity index (χ3n) is 11.6. The highest BCUT2D eigenvalue weighted by molar-refractivity contribution is 5.94. The summed E-state index contributed by atoms with van der Waals surface area (Å²) in [5.74, 6) is 1.58. The van der Waals surface area contributed by atoms with E-state index in [1.54, 1.807) is 0 Å². The van der Waals surface area contributed by atoms with E-state index in [0.29, 0.717) is 0 Å². The van der Waals surface area contributed by atoms with Crippen LogP contribution in [0.15, 0.2) is 231 Å². The van der Waals surface area contributed by atoms with Crippen LogP contribution in [-0.4, -0.2) is 0 Å². The Morgan fingerprint density at radius 1 is 0.266 bits per heavy atom. The fraction of sp³-hybridized carbons (Fsp3) is 0.0476. The summed E-state index contributed by atoms with van der Waals surface area (Å²) in [6, 6.07) is 81.9. The molecule has 0 unspecified atom stereocenters. The number of aryl methyl sites for hydroxylation is 3. The molecule has 0 fully saturated rings. The monoisotopic (exact) mass is 822 g/mol. The molecule has 9 aromatic carbocycles. The highest BCUT2D eigenvalue weighted by atomic mass is 16.5. The molecule has 0 aromatic heterocycles. The molecule has 0 amide bonds. The van der Waals surface area contributed by atoms with Gasteiger partial charge in [-0.2, -0.15) is 0 Å². The molecule has 0 N–H and O–H groups in total. The lowest BCUT2D eigenvalue weighted by Gasteiger charge is -2.13. The maximum Gasteiger partial charge on any atom is 0.127 e. The van der Waals surface area contributed by atoms with Crippen LogP contribution >= 0.6 is 0 Å². The molecule has 0 radical (unpaired) electrons. The van der Waals surface area contributed by atoms with Crippen LogP contribution in [0, 0.1) is 20.8 Å². The van der Waals surface area contributed by atoms with Crippen molar-refractivity contribution in [3.8, 4) is 22.6 Å². The van der Waals surface area contributed by atoms with Crippen molar-refractivity contribution < 1.29 is 4.74 Å². The van der Waals surface area contributed by atoms with Gasteiger partial charge in [0, 0.05) is 0 Å². The fourth-order valence-corrected chi connectivity index (χ4v) is 7.95. The summed E-state index contributed by atoms with van der Waals surface area (Å²) in [7, 11) is 0. The van der Waals surface area contributed by atoms with E-state index in [4.69, 9.17) is 4.74 Å². The minimum Gasteiger partial charge on any atom is -0.457 e. The van der Waals surface area contributed by atoms with Crippen LogP contribution in [0.2, 0.25) is 0 Å². The zero-order valence-corrected chi connectivity index (χ0v) is 36.6. The summed E-state index contributed by atoms with van der Waals surface area (Å²) in [5, 5.41) is 0. The Labute approximate surface area is 378 Å². The van der Waals surface area contributed by atoms with Crippen LogP contribution in [0.25, 0.3) is 46.1 Å². The van der Waals surface area contributed by atoms with Gasteiger partial charge in [-0.05, 0) is 141 Å². The average Bonchev–Trinajstić information content (AvgIpc) is 3.34. The van der Waals surface area contributed by atoms with E-state index in [1.807, 2.05) is 0 Å². The Kier molecular flexibility index (Phi) is 12.5. The molecule has 64 heavy (non-hydrogen) atoms. The minimum absolute atomic E-state index is 0.788. The largest absolute Gasteiger partial charge is 0.457 e. The van der Waals surface area contributed by atoms with Crippen molar-refractivity contribution >= 4 is 34.9 Å². The molecule has 0 spiro atoms. The topological polar surface area (TPSA) is 9.23 Å². The summed E-state index contributed by atoms with van der Waals surface area (Å²) in [6.07, 6.45) is 6.82. The molecule has 0 aliphatic heterocycles. The van der Waals surface area contributed by atoms with E-state index in [9.17, 15) is 0 Å². The predicted octanol–water partition coefficient (Wildman–Crippen LogP) is 16.8. The van der Waals surface area contributed by atoms with Crippen LogP contribution < -0.4 is 4.74 Å². The summed E-state index contributed by atoms with van der Waals surface area (Å²) in [5.41, 5.74) is 20.1. The second-order valence-electron chi connectivity index (χ2n) is 16.4. The standard InChI is InChI=1S/C63H50O/c1-45-14-20-48(21-15-45)42-62(55-26-16-46(2)17-27-55)57-34-38-59(39-35-57)64-60-40-36-58(37-41-60)63(56-28-18-47(3)19-29-56)44-50-24-32-52(33-25-50)51-30-22-49(23-31-51)43-61(53-10-6-4-7-11-53)54-12-8-5-9-13-54/h4-44H,1-3H3. The first-order valence-corrected chi connectivity index (χ1v) is 22.0. The molecule has 9 rings (SSSR count). The predicted molar refractivity (Wildman–Crippen MR) is 272 cm³/mol. The number of rotatable bonds is 12. The van der Waals surface area contributed by atoms with E-state index in [0.717, 1.165) is 44.9 Å². The molecular formula is C63H50O. The summed E-state index contributed by atoms with van der Waals surface area (Å²) in [6.45, 7) is 6.37. The Morgan fingerprint density at radius 3 is 0.828 bits per heavy atom. The second-order valence-corrected chi connectivity index (χ2v) is 16.4. The lowest BCUT2D eigenvalue weighted by molar-refractivity contribution is 0.482. The number of hydrogen-bond acceptors (Lipinski definition) is 1. The summed E-state index contributed by atoms with van der Waals surface area (Å²) in [4.78, 5) is 0. The minimum atomic E-state index is 0.788. The second kappa shape index (κ2) is 19.4. The molecule has 0 saturated heterocycles. The quantitative estimate of drug-likeness (QED) is 0.112. The lowest BCUT2D eigenvalue weighted by atomic mass is 9.94. The molecule has 1 nitrogen and oxygen atoms in total. The van der Waals surface area contributed by atoms with Gasteiger partial charge in [-0.1, -0.05) is 223 Å². The first-order valence-electron chi connectivity index (χ1n) is 22.0. The maximum absolute atomic E-state index is 6.42. The SMILES string of the molecule is Cc1ccc(C=C(c2ccc(C)cc2)c2ccc(Oc3ccc(C(=Cc4ccc(-c5ccc(C=C(c6ccccc6)c6ccccc6)cc5)cc4)c4ccc(C)cc4)cc3)cc2)cc1. The van der Waals surface area contributed by atoms with Gasteiger partial charge in [0.1, 0.15) is 11.5 Å². The van der Waals surface area contributed by atoms with Gasteiger partial charge in [0.2, 0.25) is 0 Å². The van der Waals surface area contributed by atoms with Crippen molar-refractivity contribution in [3.63, 3.8) is 0 Å². The first kappa shape index (κ1) is 41.4.